The maximum absolute atomic E-state index is 8.82. The van der Waals surface area contributed by atoms with Crippen LogP contribution in [0, 0.1) is 0 Å². The zero-order valence-electron chi connectivity index (χ0n) is 6.23. The minimum absolute atomic E-state index is 0.365. The molecular formula is C7H7BN2O2. The zero-order chi connectivity index (χ0) is 8.55. The molecule has 0 atom stereocenters. The van der Waals surface area contributed by atoms with Crippen LogP contribution in [0.4, 0.5) is 0 Å². The van der Waals surface area contributed by atoms with Crippen molar-refractivity contribution in [2.75, 3.05) is 0 Å². The van der Waals surface area contributed by atoms with Crippen LogP contribution >= 0.6 is 0 Å². The highest BCUT2D eigenvalue weighted by atomic mass is 16.4. The maximum Gasteiger partial charge on any atom is 0.505 e. The first-order valence-corrected chi connectivity index (χ1v) is 3.57. The summed E-state index contributed by atoms with van der Waals surface area (Å²) in [6, 6.07) is 5.22. The molecule has 2 rings (SSSR count). The van der Waals surface area contributed by atoms with E-state index < -0.39 is 7.12 Å². The number of aromatic nitrogens is 2. The van der Waals surface area contributed by atoms with Crippen LogP contribution in [-0.4, -0.2) is 27.1 Å². The Hall–Kier alpha value is -1.33. The first-order chi connectivity index (χ1) is 5.77. The monoisotopic (exact) mass is 162 g/mol. The summed E-state index contributed by atoms with van der Waals surface area (Å²) >= 11 is 0. The van der Waals surface area contributed by atoms with Crippen LogP contribution in [0.25, 0.3) is 11.0 Å². The Morgan fingerprint density at radius 1 is 1.42 bits per heavy atom. The number of hydrogen-bond acceptors (Lipinski definition) is 3. The number of pyridine rings is 1. The predicted molar refractivity (Wildman–Crippen MR) is 45.9 cm³/mol. The highest BCUT2D eigenvalue weighted by Crippen LogP contribution is 2.05. The summed E-state index contributed by atoms with van der Waals surface area (Å²) in [6.45, 7) is 0. The van der Waals surface area contributed by atoms with Gasteiger partial charge < -0.3 is 15.0 Å². The smallest absolute Gasteiger partial charge is 0.422 e. The molecule has 0 aliphatic heterocycles. The SMILES string of the molecule is OB(O)c1cc2ncccc2[nH]1. The van der Waals surface area contributed by atoms with Crippen LogP contribution in [0.1, 0.15) is 0 Å². The Kier molecular flexibility index (Phi) is 1.60. The van der Waals surface area contributed by atoms with Gasteiger partial charge in [-0.1, -0.05) is 0 Å². The van der Waals surface area contributed by atoms with Crippen LogP contribution in [0.2, 0.25) is 0 Å². The number of nitrogens with one attached hydrogen (secondary N) is 1. The van der Waals surface area contributed by atoms with Gasteiger partial charge in [-0.2, -0.15) is 0 Å². The summed E-state index contributed by atoms with van der Waals surface area (Å²) < 4.78 is 0. The van der Waals surface area contributed by atoms with Crippen molar-refractivity contribution in [3.63, 3.8) is 0 Å². The molecule has 12 heavy (non-hydrogen) atoms. The van der Waals surface area contributed by atoms with Crippen molar-refractivity contribution < 1.29 is 10.0 Å². The fraction of sp³-hybridized carbons (Fsp3) is 0. The lowest BCUT2D eigenvalue weighted by atomic mass is 9.87. The second-order valence-electron chi connectivity index (χ2n) is 2.53. The van der Waals surface area contributed by atoms with E-state index in [-0.39, 0.29) is 0 Å². The van der Waals surface area contributed by atoms with Gasteiger partial charge in [0.05, 0.1) is 11.0 Å². The van der Waals surface area contributed by atoms with Gasteiger partial charge in [0.2, 0.25) is 0 Å². The Bertz CT molecular complexity index is 366. The van der Waals surface area contributed by atoms with Crippen LogP contribution in [-0.2, 0) is 0 Å². The van der Waals surface area contributed by atoms with Gasteiger partial charge in [-0.15, -0.1) is 0 Å². The molecule has 2 aromatic heterocycles. The number of hydrogen-bond donors (Lipinski definition) is 3. The fourth-order valence-electron chi connectivity index (χ4n) is 1.12. The molecule has 0 spiro atoms. The predicted octanol–water partition coefficient (Wildman–Crippen LogP) is -0.757. The van der Waals surface area contributed by atoms with Crippen LogP contribution < -0.4 is 5.59 Å². The summed E-state index contributed by atoms with van der Waals surface area (Å²) in [7, 11) is -1.46. The van der Waals surface area contributed by atoms with Crippen molar-refractivity contribution in [3.05, 3.63) is 24.4 Å². The number of nitrogens with zero attached hydrogens (tertiary/aromatic N) is 1. The van der Waals surface area contributed by atoms with Gasteiger partial charge in [0.25, 0.3) is 0 Å². The second kappa shape index (κ2) is 2.62. The average Bonchev–Trinajstić information content (AvgIpc) is 2.46. The molecule has 2 heterocycles. The molecule has 3 N–H and O–H groups in total. The van der Waals surface area contributed by atoms with Gasteiger partial charge in [-0.3, -0.25) is 4.98 Å². The van der Waals surface area contributed by atoms with Crippen LogP contribution in [0.5, 0.6) is 0 Å². The van der Waals surface area contributed by atoms with Crippen molar-refractivity contribution >= 4 is 23.7 Å². The topological polar surface area (TPSA) is 69.1 Å². The summed E-state index contributed by atoms with van der Waals surface area (Å²) in [5.41, 5.74) is 1.91. The molecular weight excluding hydrogens is 155 g/mol. The Morgan fingerprint density at radius 3 is 2.92 bits per heavy atom. The molecule has 0 aliphatic carbocycles. The lowest BCUT2D eigenvalue weighted by Gasteiger charge is -1.89. The first kappa shape index (κ1) is 7.33. The molecule has 0 unspecified atom stereocenters. The molecule has 0 saturated heterocycles. The van der Waals surface area contributed by atoms with Crippen LogP contribution in [0.15, 0.2) is 24.4 Å². The van der Waals surface area contributed by atoms with E-state index in [2.05, 4.69) is 9.97 Å². The van der Waals surface area contributed by atoms with Gasteiger partial charge in [0.15, 0.2) is 0 Å². The molecule has 0 amide bonds. The van der Waals surface area contributed by atoms with Crippen molar-refractivity contribution in [1.29, 1.82) is 0 Å². The number of fused-ring (bicyclic) bond motifs is 1. The minimum atomic E-state index is -1.46. The molecule has 0 bridgehead atoms. The molecule has 0 saturated carbocycles. The standard InChI is InChI=1S/C7H7BN2O2/c11-8(12)7-4-6-5(10-7)2-1-3-9-6/h1-4,10-12H. The minimum Gasteiger partial charge on any atom is -0.422 e. The van der Waals surface area contributed by atoms with Crippen molar-refractivity contribution in [2.24, 2.45) is 0 Å². The van der Waals surface area contributed by atoms with Gasteiger partial charge in [0.1, 0.15) is 0 Å². The summed E-state index contributed by atoms with van der Waals surface area (Å²) in [6.07, 6.45) is 1.66. The summed E-state index contributed by atoms with van der Waals surface area (Å²) in [5.74, 6) is 0. The van der Waals surface area contributed by atoms with Crippen molar-refractivity contribution in [3.8, 4) is 0 Å². The number of rotatable bonds is 1. The Labute approximate surface area is 69.0 Å². The molecule has 0 aliphatic rings. The molecule has 4 nitrogen and oxygen atoms in total. The maximum atomic E-state index is 8.82. The van der Waals surface area contributed by atoms with Gasteiger partial charge >= 0.3 is 7.12 Å². The van der Waals surface area contributed by atoms with E-state index in [9.17, 15) is 0 Å². The van der Waals surface area contributed by atoms with E-state index in [0.717, 1.165) is 11.0 Å². The van der Waals surface area contributed by atoms with E-state index in [4.69, 9.17) is 10.0 Å². The highest BCUT2D eigenvalue weighted by molar-refractivity contribution is 6.58. The van der Waals surface area contributed by atoms with Crippen molar-refractivity contribution in [2.45, 2.75) is 0 Å². The highest BCUT2D eigenvalue weighted by Gasteiger charge is 2.13. The van der Waals surface area contributed by atoms with Gasteiger partial charge in [-0.25, -0.2) is 0 Å². The molecule has 0 fully saturated rings. The second-order valence-corrected chi connectivity index (χ2v) is 2.53. The van der Waals surface area contributed by atoms with Crippen LogP contribution in [0.3, 0.4) is 0 Å². The van der Waals surface area contributed by atoms with Gasteiger partial charge in [0, 0.05) is 11.8 Å². The van der Waals surface area contributed by atoms with E-state index in [1.165, 1.54) is 0 Å². The quantitative estimate of drug-likeness (QED) is 0.483. The average molecular weight is 162 g/mol. The number of H-pyrrole nitrogens is 1. The van der Waals surface area contributed by atoms with E-state index >= 15 is 0 Å². The van der Waals surface area contributed by atoms with Crippen molar-refractivity contribution in [1.82, 2.24) is 9.97 Å². The largest absolute Gasteiger partial charge is 0.505 e. The zero-order valence-corrected chi connectivity index (χ0v) is 6.23. The van der Waals surface area contributed by atoms with E-state index in [1.54, 1.807) is 18.3 Å². The third-order valence-corrected chi connectivity index (χ3v) is 1.69. The normalized spacial score (nSPS) is 10.5. The summed E-state index contributed by atoms with van der Waals surface area (Å²) in [4.78, 5) is 6.86. The molecule has 2 aromatic rings. The Morgan fingerprint density at radius 2 is 2.25 bits per heavy atom. The lowest BCUT2D eigenvalue weighted by molar-refractivity contribution is 0.424. The lowest BCUT2D eigenvalue weighted by Crippen LogP contribution is -2.30. The molecule has 5 heteroatoms. The fourth-order valence-corrected chi connectivity index (χ4v) is 1.12. The molecule has 0 radical (unpaired) electrons. The third-order valence-electron chi connectivity index (χ3n) is 1.69. The van der Waals surface area contributed by atoms with Gasteiger partial charge in [-0.05, 0) is 18.2 Å². The third kappa shape index (κ3) is 1.09. The van der Waals surface area contributed by atoms with E-state index in [0.29, 0.717) is 5.59 Å². The molecule has 0 aromatic carbocycles. The Balaban J connectivity index is 2.62. The molecule has 60 valence electrons. The first-order valence-electron chi connectivity index (χ1n) is 3.57. The van der Waals surface area contributed by atoms with E-state index in [1.807, 2.05) is 6.07 Å². The number of aromatic amines is 1. The summed E-state index contributed by atoms with van der Waals surface area (Å²) in [5, 5.41) is 17.6.